The number of nitrogens with zero attached hydrogens (tertiary/aromatic N) is 1. The van der Waals surface area contributed by atoms with Crippen LogP contribution in [-0.2, 0) is 9.30 Å². The number of hydrogen-bond acceptors (Lipinski definition) is 4. The SMILES string of the molecule is O=P(O)(CN1CCOCC1)[C@H]1CCCC[C@@H]1O. The first kappa shape index (κ1) is 13.5. The van der Waals surface area contributed by atoms with Crippen molar-refractivity contribution in [2.75, 3.05) is 32.6 Å². The lowest BCUT2D eigenvalue weighted by Crippen LogP contribution is -2.39. The highest BCUT2D eigenvalue weighted by molar-refractivity contribution is 7.58. The zero-order valence-corrected chi connectivity index (χ0v) is 11.0. The Hall–Kier alpha value is 0.0700. The Balaban J connectivity index is 1.94. The zero-order valence-electron chi connectivity index (χ0n) is 10.1. The van der Waals surface area contributed by atoms with Gasteiger partial charge in [0.2, 0.25) is 7.37 Å². The highest BCUT2D eigenvalue weighted by Crippen LogP contribution is 2.52. The normalized spacial score (nSPS) is 35.4. The summed E-state index contributed by atoms with van der Waals surface area (Å²) in [6, 6.07) is 0. The highest BCUT2D eigenvalue weighted by Gasteiger charge is 2.39. The van der Waals surface area contributed by atoms with Crippen molar-refractivity contribution in [2.45, 2.75) is 37.4 Å². The summed E-state index contributed by atoms with van der Waals surface area (Å²) >= 11 is 0. The van der Waals surface area contributed by atoms with E-state index in [1.165, 1.54) is 0 Å². The van der Waals surface area contributed by atoms with E-state index >= 15 is 0 Å². The lowest BCUT2D eigenvalue weighted by Gasteiger charge is -2.35. The van der Waals surface area contributed by atoms with Gasteiger partial charge in [0.15, 0.2) is 0 Å². The second-order valence-corrected chi connectivity index (χ2v) is 7.50. The molecule has 0 radical (unpaired) electrons. The standard InChI is InChI=1S/C11H22NO4P/c13-10-3-1-2-4-11(10)17(14,15)9-12-5-7-16-8-6-12/h10-11,13H,1-9H2,(H,14,15)/t10-,11-/m0/s1. The van der Waals surface area contributed by atoms with Gasteiger partial charge in [-0.2, -0.15) is 0 Å². The molecular formula is C11H22NO4P. The summed E-state index contributed by atoms with van der Waals surface area (Å²) < 4.78 is 17.6. The minimum Gasteiger partial charge on any atom is -0.392 e. The maximum Gasteiger partial charge on any atom is 0.219 e. The van der Waals surface area contributed by atoms with Crippen LogP contribution < -0.4 is 0 Å². The molecule has 0 bridgehead atoms. The number of rotatable bonds is 3. The monoisotopic (exact) mass is 263 g/mol. The topological polar surface area (TPSA) is 70.0 Å². The van der Waals surface area contributed by atoms with E-state index in [0.29, 0.717) is 39.1 Å². The Morgan fingerprint density at radius 1 is 1.24 bits per heavy atom. The van der Waals surface area contributed by atoms with E-state index in [2.05, 4.69) is 0 Å². The van der Waals surface area contributed by atoms with E-state index in [1.54, 1.807) is 0 Å². The molecule has 1 aliphatic carbocycles. The van der Waals surface area contributed by atoms with E-state index in [-0.39, 0.29) is 6.29 Å². The van der Waals surface area contributed by atoms with E-state index in [9.17, 15) is 14.6 Å². The zero-order chi connectivity index (χ0) is 12.3. The third-order valence-electron chi connectivity index (χ3n) is 3.72. The average molecular weight is 263 g/mol. The first-order valence-electron chi connectivity index (χ1n) is 6.39. The Morgan fingerprint density at radius 3 is 2.53 bits per heavy atom. The van der Waals surface area contributed by atoms with Crippen molar-refractivity contribution in [1.82, 2.24) is 4.90 Å². The minimum atomic E-state index is -3.27. The number of morpholine rings is 1. The quantitative estimate of drug-likeness (QED) is 0.739. The molecule has 0 amide bonds. The van der Waals surface area contributed by atoms with Crippen LogP contribution >= 0.6 is 7.37 Å². The van der Waals surface area contributed by atoms with Gasteiger partial charge in [0, 0.05) is 13.1 Å². The number of aliphatic hydroxyl groups is 1. The molecule has 0 spiro atoms. The van der Waals surface area contributed by atoms with Gasteiger partial charge in [0.1, 0.15) is 0 Å². The molecule has 1 unspecified atom stereocenters. The van der Waals surface area contributed by atoms with Gasteiger partial charge in [-0.15, -0.1) is 0 Å². The van der Waals surface area contributed by atoms with Crippen LogP contribution in [0.15, 0.2) is 0 Å². The molecule has 17 heavy (non-hydrogen) atoms. The molecule has 100 valence electrons. The van der Waals surface area contributed by atoms with Gasteiger partial charge in [-0.25, -0.2) is 0 Å². The molecule has 2 aliphatic rings. The molecule has 0 aromatic heterocycles. The Morgan fingerprint density at radius 2 is 1.88 bits per heavy atom. The molecule has 2 rings (SSSR count). The highest BCUT2D eigenvalue weighted by atomic mass is 31.2. The van der Waals surface area contributed by atoms with Gasteiger partial charge in [0.05, 0.1) is 31.3 Å². The van der Waals surface area contributed by atoms with E-state index < -0.39 is 19.1 Å². The molecule has 3 atom stereocenters. The summed E-state index contributed by atoms with van der Waals surface area (Å²) in [5.41, 5.74) is -0.418. The summed E-state index contributed by atoms with van der Waals surface area (Å²) in [6.07, 6.45) is 2.88. The van der Waals surface area contributed by atoms with Gasteiger partial charge in [0.25, 0.3) is 0 Å². The van der Waals surface area contributed by atoms with Crippen LogP contribution in [-0.4, -0.2) is 59.3 Å². The third-order valence-corrected chi connectivity index (χ3v) is 6.16. The van der Waals surface area contributed by atoms with Crippen molar-refractivity contribution in [3.05, 3.63) is 0 Å². The summed E-state index contributed by atoms with van der Waals surface area (Å²) in [4.78, 5) is 12.2. The Labute approximate surface area is 102 Å². The fourth-order valence-electron chi connectivity index (χ4n) is 2.70. The van der Waals surface area contributed by atoms with Gasteiger partial charge >= 0.3 is 0 Å². The van der Waals surface area contributed by atoms with Crippen molar-refractivity contribution in [1.29, 1.82) is 0 Å². The number of ether oxygens (including phenoxy) is 1. The molecule has 1 saturated heterocycles. The summed E-state index contributed by atoms with van der Waals surface area (Å²) in [6.45, 7) is 2.70. The predicted molar refractivity (Wildman–Crippen MR) is 65.3 cm³/mol. The van der Waals surface area contributed by atoms with Crippen LogP contribution in [0.25, 0.3) is 0 Å². The van der Waals surface area contributed by atoms with Crippen LogP contribution in [0.5, 0.6) is 0 Å². The van der Waals surface area contributed by atoms with Crippen LogP contribution in [0, 0.1) is 0 Å². The molecule has 0 aromatic rings. The molecule has 2 N–H and O–H groups in total. The summed E-state index contributed by atoms with van der Waals surface area (Å²) in [5, 5.41) is 9.86. The molecule has 1 aliphatic heterocycles. The van der Waals surface area contributed by atoms with Crippen molar-refractivity contribution in [2.24, 2.45) is 0 Å². The van der Waals surface area contributed by atoms with E-state index in [4.69, 9.17) is 4.74 Å². The number of hydrogen-bond donors (Lipinski definition) is 2. The van der Waals surface area contributed by atoms with Crippen molar-refractivity contribution < 1.29 is 19.3 Å². The smallest absolute Gasteiger partial charge is 0.219 e. The second-order valence-electron chi connectivity index (χ2n) is 5.05. The van der Waals surface area contributed by atoms with Crippen LogP contribution in [0.4, 0.5) is 0 Å². The van der Waals surface area contributed by atoms with Crippen molar-refractivity contribution >= 4 is 7.37 Å². The minimum absolute atomic E-state index is 0.206. The first-order valence-corrected chi connectivity index (χ1v) is 8.31. The molecule has 1 saturated carbocycles. The second kappa shape index (κ2) is 5.81. The van der Waals surface area contributed by atoms with Gasteiger partial charge < -0.3 is 14.7 Å². The van der Waals surface area contributed by atoms with E-state index in [0.717, 1.165) is 12.8 Å². The van der Waals surface area contributed by atoms with E-state index in [1.807, 2.05) is 4.90 Å². The average Bonchev–Trinajstić information content (AvgIpc) is 2.30. The maximum absolute atomic E-state index is 12.4. The largest absolute Gasteiger partial charge is 0.392 e. The van der Waals surface area contributed by atoms with Crippen LogP contribution in [0.1, 0.15) is 25.7 Å². The maximum atomic E-state index is 12.4. The Kier molecular flexibility index (Phi) is 4.61. The molecular weight excluding hydrogens is 241 g/mol. The lowest BCUT2D eigenvalue weighted by atomic mass is 9.97. The fourth-order valence-corrected chi connectivity index (χ4v) is 5.03. The number of aliphatic hydroxyl groups excluding tert-OH is 1. The van der Waals surface area contributed by atoms with Crippen LogP contribution in [0.3, 0.4) is 0 Å². The third kappa shape index (κ3) is 3.52. The Bertz CT molecular complexity index is 293. The molecule has 5 nitrogen and oxygen atoms in total. The summed E-state index contributed by atoms with van der Waals surface area (Å²) in [7, 11) is -3.27. The van der Waals surface area contributed by atoms with Gasteiger partial charge in [-0.3, -0.25) is 9.46 Å². The fraction of sp³-hybridized carbons (Fsp3) is 1.00. The predicted octanol–water partition coefficient (Wildman–Crippen LogP) is 0.850. The van der Waals surface area contributed by atoms with Crippen molar-refractivity contribution in [3.63, 3.8) is 0 Å². The van der Waals surface area contributed by atoms with Crippen molar-refractivity contribution in [3.8, 4) is 0 Å². The first-order chi connectivity index (χ1) is 8.09. The molecule has 1 heterocycles. The van der Waals surface area contributed by atoms with Crippen LogP contribution in [0.2, 0.25) is 0 Å². The molecule has 0 aromatic carbocycles. The molecule has 6 heteroatoms. The van der Waals surface area contributed by atoms with Gasteiger partial charge in [-0.1, -0.05) is 12.8 Å². The lowest BCUT2D eigenvalue weighted by molar-refractivity contribution is 0.0444. The van der Waals surface area contributed by atoms with Gasteiger partial charge in [-0.05, 0) is 12.8 Å². The molecule has 2 fully saturated rings. The summed E-state index contributed by atoms with van der Waals surface area (Å²) in [5.74, 6) is 0.